The highest BCUT2D eigenvalue weighted by Gasteiger charge is 2.14. The minimum Gasteiger partial charge on any atom is -0.436 e. The first kappa shape index (κ1) is 14.9. The largest absolute Gasteiger partial charge is 0.436 e. The van der Waals surface area contributed by atoms with Crippen LogP contribution in [0.2, 0.25) is 0 Å². The van der Waals surface area contributed by atoms with Crippen LogP contribution in [0.3, 0.4) is 0 Å². The Labute approximate surface area is 123 Å². The van der Waals surface area contributed by atoms with Crippen molar-refractivity contribution in [3.63, 3.8) is 0 Å². The summed E-state index contributed by atoms with van der Waals surface area (Å²) in [5.74, 6) is -1.99. The summed E-state index contributed by atoms with van der Waals surface area (Å²) in [5.41, 5.74) is 7.17. The zero-order chi connectivity index (χ0) is 14.7. The third-order valence-corrected chi connectivity index (χ3v) is 3.14. The molecule has 2 rings (SSSR count). The van der Waals surface area contributed by atoms with E-state index in [1.165, 1.54) is 6.07 Å². The van der Waals surface area contributed by atoms with Crippen molar-refractivity contribution in [2.45, 2.75) is 13.3 Å². The fraction of sp³-hybridized carbons (Fsp3) is 0.214. The Kier molecular flexibility index (Phi) is 4.67. The van der Waals surface area contributed by atoms with Gasteiger partial charge in [0.1, 0.15) is 0 Å². The second-order valence-electron chi connectivity index (χ2n) is 4.31. The van der Waals surface area contributed by atoms with E-state index in [1.807, 2.05) is 6.07 Å². The lowest BCUT2D eigenvalue weighted by Crippen LogP contribution is -2.04. The number of hydrogen-bond acceptors (Lipinski definition) is 3. The maximum atomic E-state index is 13.6. The molecule has 20 heavy (non-hydrogen) atoms. The summed E-state index contributed by atoms with van der Waals surface area (Å²) in [5, 5.41) is 0. The Morgan fingerprint density at radius 3 is 2.70 bits per heavy atom. The van der Waals surface area contributed by atoms with Crippen molar-refractivity contribution >= 4 is 15.9 Å². The fourth-order valence-electron chi connectivity index (χ4n) is 1.74. The number of halogens is 3. The first-order chi connectivity index (χ1) is 9.51. The molecule has 0 atom stereocenters. The topological polar surface area (TPSA) is 48.1 Å². The quantitative estimate of drug-likeness (QED) is 0.861. The number of benzene rings is 1. The van der Waals surface area contributed by atoms with Crippen molar-refractivity contribution < 1.29 is 13.5 Å². The number of pyridine rings is 1. The molecule has 0 bridgehead atoms. The standard InChI is InChI=1S/C14H13BrF2N2O/c1-8-4-9(2-3-18)7-19-14(8)20-12-6-10(15)5-11(16)13(12)17/h4-7H,2-3,18H2,1H3. The normalized spacial score (nSPS) is 10.7. The minimum absolute atomic E-state index is 0.209. The van der Waals surface area contributed by atoms with Crippen molar-refractivity contribution in [1.29, 1.82) is 0 Å². The van der Waals surface area contributed by atoms with Gasteiger partial charge in [0, 0.05) is 16.2 Å². The van der Waals surface area contributed by atoms with Crippen LogP contribution < -0.4 is 10.5 Å². The molecular formula is C14H13BrF2N2O. The van der Waals surface area contributed by atoms with Gasteiger partial charge in [0.2, 0.25) is 11.7 Å². The van der Waals surface area contributed by atoms with Gasteiger partial charge in [0.15, 0.2) is 11.6 Å². The minimum atomic E-state index is -1.04. The van der Waals surface area contributed by atoms with E-state index in [9.17, 15) is 8.78 Å². The van der Waals surface area contributed by atoms with Crippen LogP contribution in [-0.2, 0) is 6.42 Å². The van der Waals surface area contributed by atoms with Crippen molar-refractivity contribution in [2.75, 3.05) is 6.54 Å². The third-order valence-electron chi connectivity index (χ3n) is 2.69. The molecule has 0 unspecified atom stereocenters. The molecule has 0 spiro atoms. The van der Waals surface area contributed by atoms with Gasteiger partial charge in [-0.1, -0.05) is 15.9 Å². The second kappa shape index (κ2) is 6.28. The maximum Gasteiger partial charge on any atom is 0.222 e. The smallest absolute Gasteiger partial charge is 0.222 e. The predicted molar refractivity (Wildman–Crippen MR) is 75.9 cm³/mol. The maximum absolute atomic E-state index is 13.6. The molecule has 2 aromatic rings. The van der Waals surface area contributed by atoms with Crippen molar-refractivity contribution in [3.8, 4) is 11.6 Å². The SMILES string of the molecule is Cc1cc(CCN)cnc1Oc1cc(Br)cc(F)c1F. The zero-order valence-electron chi connectivity index (χ0n) is 10.8. The number of aryl methyl sites for hydroxylation is 1. The van der Waals surface area contributed by atoms with Crippen molar-refractivity contribution in [2.24, 2.45) is 5.73 Å². The second-order valence-corrected chi connectivity index (χ2v) is 5.22. The summed E-state index contributed by atoms with van der Waals surface area (Å²) in [6.45, 7) is 2.31. The van der Waals surface area contributed by atoms with Gasteiger partial charge >= 0.3 is 0 Å². The van der Waals surface area contributed by atoms with Crippen LogP contribution in [0.1, 0.15) is 11.1 Å². The highest BCUT2D eigenvalue weighted by Crippen LogP contribution is 2.30. The molecule has 0 amide bonds. The van der Waals surface area contributed by atoms with Crippen LogP contribution in [0.4, 0.5) is 8.78 Å². The molecule has 106 valence electrons. The molecule has 0 aliphatic rings. The monoisotopic (exact) mass is 342 g/mol. The average molecular weight is 343 g/mol. The Balaban J connectivity index is 2.31. The summed E-state index contributed by atoms with van der Waals surface area (Å²) in [6, 6.07) is 4.25. The predicted octanol–water partition coefficient (Wildman–Crippen LogP) is 3.72. The van der Waals surface area contributed by atoms with Crippen LogP contribution in [0, 0.1) is 18.6 Å². The summed E-state index contributed by atoms with van der Waals surface area (Å²) in [4.78, 5) is 4.11. The molecule has 1 aromatic carbocycles. The number of aromatic nitrogens is 1. The van der Waals surface area contributed by atoms with E-state index in [1.54, 1.807) is 13.1 Å². The summed E-state index contributed by atoms with van der Waals surface area (Å²) < 4.78 is 32.7. The van der Waals surface area contributed by atoms with Crippen molar-refractivity contribution in [3.05, 3.63) is 51.6 Å². The van der Waals surface area contributed by atoms with E-state index >= 15 is 0 Å². The molecular weight excluding hydrogens is 330 g/mol. The van der Waals surface area contributed by atoms with Crippen molar-refractivity contribution in [1.82, 2.24) is 4.98 Å². The average Bonchev–Trinajstić information content (AvgIpc) is 2.38. The lowest BCUT2D eigenvalue weighted by atomic mass is 10.1. The van der Waals surface area contributed by atoms with E-state index in [-0.39, 0.29) is 11.6 Å². The van der Waals surface area contributed by atoms with E-state index in [2.05, 4.69) is 20.9 Å². The van der Waals surface area contributed by atoms with Gasteiger partial charge in [-0.25, -0.2) is 9.37 Å². The summed E-state index contributed by atoms with van der Waals surface area (Å²) >= 11 is 3.09. The van der Waals surface area contributed by atoms with Crippen LogP contribution in [0.15, 0.2) is 28.9 Å². The fourth-order valence-corrected chi connectivity index (χ4v) is 2.15. The molecule has 3 nitrogen and oxygen atoms in total. The zero-order valence-corrected chi connectivity index (χ0v) is 12.4. The molecule has 0 saturated carbocycles. The van der Waals surface area contributed by atoms with E-state index in [0.29, 0.717) is 17.4 Å². The lowest BCUT2D eigenvalue weighted by molar-refractivity contribution is 0.402. The number of rotatable bonds is 4. The van der Waals surface area contributed by atoms with E-state index in [0.717, 1.165) is 17.2 Å². The Hall–Kier alpha value is -1.53. The first-order valence-corrected chi connectivity index (χ1v) is 6.78. The highest BCUT2D eigenvalue weighted by atomic mass is 79.9. The molecule has 6 heteroatoms. The van der Waals surface area contributed by atoms with E-state index < -0.39 is 11.6 Å². The summed E-state index contributed by atoms with van der Waals surface area (Å²) in [7, 11) is 0. The molecule has 1 aromatic heterocycles. The Morgan fingerprint density at radius 2 is 2.05 bits per heavy atom. The van der Waals surface area contributed by atoms with Gasteiger partial charge in [-0.3, -0.25) is 0 Å². The molecule has 0 fully saturated rings. The Bertz CT molecular complexity index is 635. The van der Waals surface area contributed by atoms with Gasteiger partial charge < -0.3 is 10.5 Å². The summed E-state index contributed by atoms with van der Waals surface area (Å²) in [6.07, 6.45) is 2.31. The first-order valence-electron chi connectivity index (χ1n) is 5.99. The molecule has 0 aliphatic heterocycles. The van der Waals surface area contributed by atoms with E-state index in [4.69, 9.17) is 10.5 Å². The molecule has 0 aliphatic carbocycles. The molecule has 1 heterocycles. The van der Waals surface area contributed by atoms with Crippen LogP contribution in [0.5, 0.6) is 11.6 Å². The van der Waals surface area contributed by atoms with Gasteiger partial charge in [0.05, 0.1) is 0 Å². The number of nitrogens with zero attached hydrogens (tertiary/aromatic N) is 1. The van der Waals surface area contributed by atoms with Gasteiger partial charge in [-0.2, -0.15) is 4.39 Å². The third kappa shape index (κ3) is 3.32. The molecule has 0 radical (unpaired) electrons. The van der Waals surface area contributed by atoms with Crippen LogP contribution in [0.25, 0.3) is 0 Å². The van der Waals surface area contributed by atoms with Crippen LogP contribution >= 0.6 is 15.9 Å². The van der Waals surface area contributed by atoms with Crippen LogP contribution in [-0.4, -0.2) is 11.5 Å². The molecule has 0 saturated heterocycles. The number of ether oxygens (including phenoxy) is 1. The number of hydrogen-bond donors (Lipinski definition) is 1. The van der Waals surface area contributed by atoms with Gasteiger partial charge in [0.25, 0.3) is 0 Å². The number of nitrogens with two attached hydrogens (primary N) is 1. The van der Waals surface area contributed by atoms with Gasteiger partial charge in [-0.15, -0.1) is 0 Å². The Morgan fingerprint density at radius 1 is 1.30 bits per heavy atom. The highest BCUT2D eigenvalue weighted by molar-refractivity contribution is 9.10. The lowest BCUT2D eigenvalue weighted by Gasteiger charge is -2.10. The van der Waals surface area contributed by atoms with Gasteiger partial charge in [-0.05, 0) is 43.7 Å². The molecule has 2 N–H and O–H groups in total.